The number of carbonyl (C=O) groups excluding carboxylic acids is 2. The summed E-state index contributed by atoms with van der Waals surface area (Å²) in [5, 5.41) is 5.91. The summed E-state index contributed by atoms with van der Waals surface area (Å²) in [5.41, 5.74) is 2.69. The van der Waals surface area contributed by atoms with Crippen LogP contribution < -0.4 is 15.5 Å². The molecule has 2 amide bonds. The van der Waals surface area contributed by atoms with Crippen molar-refractivity contribution < 1.29 is 9.59 Å². The van der Waals surface area contributed by atoms with Gasteiger partial charge in [0.1, 0.15) is 6.04 Å². The summed E-state index contributed by atoms with van der Waals surface area (Å²) >= 11 is 6.02. The van der Waals surface area contributed by atoms with Gasteiger partial charge in [0.25, 0.3) is 5.91 Å². The number of carbonyl (C=O) groups is 2. The highest BCUT2D eigenvalue weighted by molar-refractivity contribution is 6.33. The molecule has 0 fully saturated rings. The molecule has 0 aliphatic heterocycles. The van der Waals surface area contributed by atoms with Crippen LogP contribution in [0.1, 0.15) is 29.8 Å². The molecule has 0 spiro atoms. The van der Waals surface area contributed by atoms with Crippen LogP contribution in [0.15, 0.2) is 48.5 Å². The Morgan fingerprint density at radius 1 is 1.15 bits per heavy atom. The lowest BCUT2D eigenvalue weighted by molar-refractivity contribution is -0.122. The third-order valence-electron chi connectivity index (χ3n) is 4.29. The van der Waals surface area contributed by atoms with Crippen LogP contribution in [-0.2, 0) is 4.79 Å². The number of aryl methyl sites for hydroxylation is 1. The van der Waals surface area contributed by atoms with Crippen LogP contribution in [0.5, 0.6) is 0 Å². The molecule has 0 saturated carbocycles. The first-order chi connectivity index (χ1) is 12.9. The lowest BCUT2D eigenvalue weighted by Gasteiger charge is -2.24. The quantitative estimate of drug-likeness (QED) is 0.729. The van der Waals surface area contributed by atoms with E-state index in [0.717, 1.165) is 12.2 Å². The Labute approximate surface area is 165 Å². The van der Waals surface area contributed by atoms with E-state index in [2.05, 4.69) is 47.6 Å². The van der Waals surface area contributed by atoms with Gasteiger partial charge >= 0.3 is 0 Å². The SMILES string of the molecule is CCN(CCNC(=O)[C@H](C)NC(=O)c1ccccc1Cl)c1cccc(C)c1. The Morgan fingerprint density at radius 2 is 1.89 bits per heavy atom. The Balaban J connectivity index is 1.84. The second-order valence-corrected chi connectivity index (χ2v) is 6.79. The van der Waals surface area contributed by atoms with E-state index in [1.807, 2.05) is 6.07 Å². The molecule has 1 atom stereocenters. The van der Waals surface area contributed by atoms with Crippen LogP contribution in [0.4, 0.5) is 5.69 Å². The van der Waals surface area contributed by atoms with Crippen molar-refractivity contribution in [3.05, 3.63) is 64.7 Å². The average molecular weight is 388 g/mol. The van der Waals surface area contributed by atoms with E-state index in [1.165, 1.54) is 5.56 Å². The van der Waals surface area contributed by atoms with Crippen LogP contribution in [0.3, 0.4) is 0 Å². The van der Waals surface area contributed by atoms with Crippen LogP contribution in [0.2, 0.25) is 5.02 Å². The fourth-order valence-electron chi connectivity index (χ4n) is 2.75. The fourth-order valence-corrected chi connectivity index (χ4v) is 2.97. The molecule has 0 bridgehead atoms. The van der Waals surface area contributed by atoms with Gasteiger partial charge in [0, 0.05) is 25.3 Å². The van der Waals surface area contributed by atoms with Gasteiger partial charge in [0.05, 0.1) is 10.6 Å². The Hall–Kier alpha value is -2.53. The van der Waals surface area contributed by atoms with Gasteiger partial charge in [0.2, 0.25) is 5.91 Å². The summed E-state index contributed by atoms with van der Waals surface area (Å²) in [5.74, 6) is -0.589. The van der Waals surface area contributed by atoms with Gasteiger partial charge in [-0.2, -0.15) is 0 Å². The van der Waals surface area contributed by atoms with Crippen molar-refractivity contribution >= 4 is 29.1 Å². The summed E-state index contributed by atoms with van der Waals surface area (Å²) in [4.78, 5) is 26.7. The first-order valence-electron chi connectivity index (χ1n) is 9.07. The smallest absolute Gasteiger partial charge is 0.253 e. The maximum Gasteiger partial charge on any atom is 0.253 e. The Morgan fingerprint density at radius 3 is 2.56 bits per heavy atom. The van der Waals surface area contributed by atoms with Crippen molar-refractivity contribution in [2.24, 2.45) is 0 Å². The maximum atomic E-state index is 12.3. The van der Waals surface area contributed by atoms with E-state index < -0.39 is 6.04 Å². The molecular formula is C21H26ClN3O2. The number of anilines is 1. The van der Waals surface area contributed by atoms with Gasteiger partial charge in [-0.05, 0) is 50.6 Å². The Bertz CT molecular complexity index is 795. The van der Waals surface area contributed by atoms with Crippen LogP contribution in [0, 0.1) is 6.92 Å². The standard InChI is InChI=1S/C21H26ClN3O2/c1-4-25(17-9-7-8-15(2)14-17)13-12-23-20(26)16(3)24-21(27)18-10-5-6-11-19(18)22/h5-11,14,16H,4,12-13H2,1-3H3,(H,23,26)(H,24,27)/t16-/m0/s1. The predicted molar refractivity (Wildman–Crippen MR) is 110 cm³/mol. The van der Waals surface area contributed by atoms with E-state index in [1.54, 1.807) is 31.2 Å². The van der Waals surface area contributed by atoms with Gasteiger partial charge < -0.3 is 15.5 Å². The number of hydrogen-bond donors (Lipinski definition) is 2. The zero-order chi connectivity index (χ0) is 19.8. The molecular weight excluding hydrogens is 362 g/mol. The van der Waals surface area contributed by atoms with Gasteiger partial charge in [-0.15, -0.1) is 0 Å². The molecule has 0 aliphatic rings. The molecule has 5 nitrogen and oxygen atoms in total. The summed E-state index contributed by atoms with van der Waals surface area (Å²) in [6.07, 6.45) is 0. The molecule has 0 radical (unpaired) electrons. The molecule has 2 N–H and O–H groups in total. The normalized spacial score (nSPS) is 11.6. The van der Waals surface area contributed by atoms with Gasteiger partial charge in [-0.1, -0.05) is 35.9 Å². The van der Waals surface area contributed by atoms with Crippen LogP contribution in [-0.4, -0.2) is 37.5 Å². The number of amides is 2. The Kier molecular flexibility index (Phi) is 7.67. The van der Waals surface area contributed by atoms with Crippen molar-refractivity contribution in [1.82, 2.24) is 10.6 Å². The van der Waals surface area contributed by atoms with E-state index in [4.69, 9.17) is 11.6 Å². The number of likely N-dealkylation sites (N-methyl/N-ethyl adjacent to an activating group) is 1. The van der Waals surface area contributed by atoms with Gasteiger partial charge in [-0.3, -0.25) is 9.59 Å². The van der Waals surface area contributed by atoms with Gasteiger partial charge in [-0.25, -0.2) is 0 Å². The molecule has 144 valence electrons. The number of benzene rings is 2. The first-order valence-corrected chi connectivity index (χ1v) is 9.45. The summed E-state index contributed by atoms with van der Waals surface area (Å²) in [6, 6.07) is 14.4. The molecule has 27 heavy (non-hydrogen) atoms. The van der Waals surface area contributed by atoms with Crippen molar-refractivity contribution in [3.8, 4) is 0 Å². The summed E-state index contributed by atoms with van der Waals surface area (Å²) in [7, 11) is 0. The highest BCUT2D eigenvalue weighted by atomic mass is 35.5. The lowest BCUT2D eigenvalue weighted by Crippen LogP contribution is -2.46. The monoisotopic (exact) mass is 387 g/mol. The highest BCUT2D eigenvalue weighted by Crippen LogP contribution is 2.15. The minimum atomic E-state index is -0.650. The molecule has 0 saturated heterocycles. The second-order valence-electron chi connectivity index (χ2n) is 6.38. The average Bonchev–Trinajstić information content (AvgIpc) is 2.65. The largest absolute Gasteiger partial charge is 0.370 e. The number of halogens is 1. The molecule has 0 aromatic heterocycles. The van der Waals surface area contributed by atoms with E-state index in [0.29, 0.717) is 23.7 Å². The number of hydrogen-bond acceptors (Lipinski definition) is 3. The fraction of sp³-hybridized carbons (Fsp3) is 0.333. The molecule has 0 unspecified atom stereocenters. The topological polar surface area (TPSA) is 61.4 Å². The minimum Gasteiger partial charge on any atom is -0.370 e. The summed E-state index contributed by atoms with van der Waals surface area (Å²) in [6.45, 7) is 7.82. The van der Waals surface area contributed by atoms with Crippen molar-refractivity contribution in [2.75, 3.05) is 24.5 Å². The highest BCUT2D eigenvalue weighted by Gasteiger charge is 2.18. The molecule has 0 aliphatic carbocycles. The third kappa shape index (κ3) is 6.00. The van der Waals surface area contributed by atoms with Gasteiger partial charge in [0.15, 0.2) is 0 Å². The van der Waals surface area contributed by atoms with E-state index >= 15 is 0 Å². The lowest BCUT2D eigenvalue weighted by atomic mass is 10.2. The molecule has 2 aromatic rings. The molecule has 2 aromatic carbocycles. The first kappa shape index (κ1) is 20.8. The van der Waals surface area contributed by atoms with E-state index in [-0.39, 0.29) is 11.8 Å². The zero-order valence-electron chi connectivity index (χ0n) is 16.0. The number of nitrogens with zero attached hydrogens (tertiary/aromatic N) is 1. The predicted octanol–water partition coefficient (Wildman–Crippen LogP) is 3.41. The van der Waals surface area contributed by atoms with Crippen LogP contribution >= 0.6 is 11.6 Å². The van der Waals surface area contributed by atoms with Crippen molar-refractivity contribution in [1.29, 1.82) is 0 Å². The molecule has 6 heteroatoms. The van der Waals surface area contributed by atoms with Crippen LogP contribution in [0.25, 0.3) is 0 Å². The van der Waals surface area contributed by atoms with E-state index in [9.17, 15) is 9.59 Å². The number of rotatable bonds is 8. The number of nitrogens with one attached hydrogen (secondary N) is 2. The summed E-state index contributed by atoms with van der Waals surface area (Å²) < 4.78 is 0. The second kappa shape index (κ2) is 9.97. The third-order valence-corrected chi connectivity index (χ3v) is 4.62. The van der Waals surface area contributed by atoms with Crippen molar-refractivity contribution in [3.63, 3.8) is 0 Å². The minimum absolute atomic E-state index is 0.226. The maximum absolute atomic E-state index is 12.3. The molecule has 0 heterocycles. The van der Waals surface area contributed by atoms with Crippen molar-refractivity contribution in [2.45, 2.75) is 26.8 Å². The zero-order valence-corrected chi connectivity index (χ0v) is 16.7. The molecule has 2 rings (SSSR count).